The van der Waals surface area contributed by atoms with Crippen molar-refractivity contribution in [1.29, 1.82) is 0 Å². The third-order valence-corrected chi connectivity index (χ3v) is 7.98. The second kappa shape index (κ2) is 9.01. The minimum absolute atomic E-state index is 0.0797. The van der Waals surface area contributed by atoms with Crippen molar-refractivity contribution in [2.75, 3.05) is 11.8 Å². The molecule has 0 aliphatic carbocycles. The molecule has 10 heteroatoms. The van der Waals surface area contributed by atoms with Crippen LogP contribution in [-0.2, 0) is 17.1 Å². The molecule has 1 amide bonds. The van der Waals surface area contributed by atoms with Crippen LogP contribution in [0.25, 0.3) is 10.2 Å². The van der Waals surface area contributed by atoms with E-state index in [0.717, 1.165) is 15.8 Å². The Morgan fingerprint density at radius 2 is 1.85 bits per heavy atom. The van der Waals surface area contributed by atoms with Gasteiger partial charge in [-0.05, 0) is 67.1 Å². The summed E-state index contributed by atoms with van der Waals surface area (Å²) in [6.45, 7) is 1.92. The van der Waals surface area contributed by atoms with Crippen molar-refractivity contribution in [2.45, 2.75) is 11.8 Å². The number of aromatic nitrogens is 1. The SMILES string of the molecule is COc1ccc(S(=O)(=O)Nc2cccc(C(=O)N=c3sc4ccc(Cl)c(C)c4n3C)c2)cc1. The topological polar surface area (TPSA) is 89.8 Å². The summed E-state index contributed by atoms with van der Waals surface area (Å²) in [5, 5.41) is 0.644. The second-order valence-electron chi connectivity index (χ2n) is 7.24. The fourth-order valence-corrected chi connectivity index (χ4v) is 5.62. The third kappa shape index (κ3) is 4.66. The predicted octanol–water partition coefficient (Wildman–Crippen LogP) is 4.75. The van der Waals surface area contributed by atoms with Gasteiger partial charge in [-0.3, -0.25) is 9.52 Å². The lowest BCUT2D eigenvalue weighted by Crippen LogP contribution is -2.15. The predicted molar refractivity (Wildman–Crippen MR) is 131 cm³/mol. The number of carbonyl (C=O) groups is 1. The highest BCUT2D eigenvalue weighted by Gasteiger charge is 2.16. The van der Waals surface area contributed by atoms with Crippen LogP contribution in [0.2, 0.25) is 5.02 Å². The van der Waals surface area contributed by atoms with Gasteiger partial charge in [0.25, 0.3) is 15.9 Å². The van der Waals surface area contributed by atoms with Gasteiger partial charge in [0.1, 0.15) is 5.75 Å². The summed E-state index contributed by atoms with van der Waals surface area (Å²) in [4.78, 5) is 17.7. The molecular weight excluding hydrogens is 482 g/mol. The zero-order chi connectivity index (χ0) is 23.8. The fraction of sp³-hybridized carbons (Fsp3) is 0.130. The summed E-state index contributed by atoms with van der Waals surface area (Å²) in [6, 6.07) is 16.0. The molecule has 1 heterocycles. The molecule has 0 spiro atoms. The smallest absolute Gasteiger partial charge is 0.279 e. The molecule has 7 nitrogen and oxygen atoms in total. The molecule has 3 aromatic carbocycles. The van der Waals surface area contributed by atoms with E-state index in [1.165, 1.54) is 36.6 Å². The molecule has 0 radical (unpaired) electrons. The van der Waals surface area contributed by atoms with Crippen LogP contribution in [0.3, 0.4) is 0 Å². The Hall–Kier alpha value is -3.14. The second-order valence-corrected chi connectivity index (χ2v) is 10.3. The first kappa shape index (κ1) is 23.0. The number of methoxy groups -OCH3 is 1. The molecule has 0 aliphatic heterocycles. The molecule has 1 N–H and O–H groups in total. The number of nitrogens with zero attached hydrogens (tertiary/aromatic N) is 2. The lowest BCUT2D eigenvalue weighted by atomic mass is 10.2. The minimum Gasteiger partial charge on any atom is -0.497 e. The molecular formula is C23H20ClN3O4S2. The zero-order valence-corrected chi connectivity index (χ0v) is 20.4. The maximum atomic E-state index is 12.9. The first-order valence-electron chi connectivity index (χ1n) is 9.80. The molecule has 0 aliphatic rings. The van der Waals surface area contributed by atoms with Gasteiger partial charge in [-0.25, -0.2) is 8.42 Å². The number of anilines is 1. The minimum atomic E-state index is -3.83. The van der Waals surface area contributed by atoms with Crippen LogP contribution in [0.4, 0.5) is 5.69 Å². The van der Waals surface area contributed by atoms with Gasteiger partial charge in [-0.15, -0.1) is 0 Å². The number of hydrogen-bond acceptors (Lipinski definition) is 5. The van der Waals surface area contributed by atoms with E-state index in [-0.39, 0.29) is 16.1 Å². The molecule has 1 aromatic heterocycles. The van der Waals surface area contributed by atoms with E-state index in [1.54, 1.807) is 30.3 Å². The van der Waals surface area contributed by atoms with Crippen LogP contribution in [0, 0.1) is 6.92 Å². The van der Waals surface area contributed by atoms with Gasteiger partial charge in [-0.1, -0.05) is 29.0 Å². The molecule has 0 atom stereocenters. The summed E-state index contributed by atoms with van der Waals surface area (Å²) in [7, 11) is -0.503. The van der Waals surface area contributed by atoms with Gasteiger partial charge in [-0.2, -0.15) is 4.99 Å². The number of sulfonamides is 1. The Labute approximate surface area is 200 Å². The number of ether oxygens (including phenoxy) is 1. The van der Waals surface area contributed by atoms with E-state index in [1.807, 2.05) is 30.7 Å². The quantitative estimate of drug-likeness (QED) is 0.427. The normalized spacial score (nSPS) is 12.2. The van der Waals surface area contributed by atoms with E-state index in [0.29, 0.717) is 15.6 Å². The maximum Gasteiger partial charge on any atom is 0.279 e. The van der Waals surface area contributed by atoms with Crippen LogP contribution >= 0.6 is 22.9 Å². The molecule has 0 unspecified atom stereocenters. The van der Waals surface area contributed by atoms with Gasteiger partial charge in [0.2, 0.25) is 0 Å². The average molecular weight is 502 g/mol. The summed E-state index contributed by atoms with van der Waals surface area (Å²) < 4.78 is 35.8. The monoisotopic (exact) mass is 501 g/mol. The van der Waals surface area contributed by atoms with Gasteiger partial charge in [0, 0.05) is 23.3 Å². The van der Waals surface area contributed by atoms with E-state index in [2.05, 4.69) is 9.71 Å². The molecule has 0 bridgehead atoms. The van der Waals surface area contributed by atoms with Crippen molar-refractivity contribution in [3.63, 3.8) is 0 Å². The highest BCUT2D eigenvalue weighted by Crippen LogP contribution is 2.26. The number of hydrogen-bond donors (Lipinski definition) is 1. The average Bonchev–Trinajstić information content (AvgIpc) is 3.12. The standard InChI is InChI=1S/C23H20ClN3O4S2/c1-14-19(24)11-12-20-21(14)27(2)23(32-20)25-22(28)15-5-4-6-16(13-15)26-33(29,30)18-9-7-17(31-3)8-10-18/h4-13,26H,1-3H3. The van der Waals surface area contributed by atoms with Crippen molar-refractivity contribution >= 4 is 54.8 Å². The van der Waals surface area contributed by atoms with Gasteiger partial charge >= 0.3 is 0 Å². The first-order valence-corrected chi connectivity index (χ1v) is 12.5. The highest BCUT2D eigenvalue weighted by molar-refractivity contribution is 7.92. The Kier molecular flexibility index (Phi) is 6.29. The maximum absolute atomic E-state index is 12.9. The van der Waals surface area contributed by atoms with E-state index >= 15 is 0 Å². The molecule has 33 heavy (non-hydrogen) atoms. The molecule has 0 saturated carbocycles. The molecule has 4 aromatic rings. The molecule has 4 rings (SSSR count). The largest absolute Gasteiger partial charge is 0.497 e. The Balaban J connectivity index is 1.64. The number of carbonyl (C=O) groups excluding carboxylic acids is 1. The van der Waals surface area contributed by atoms with Crippen LogP contribution in [0.15, 0.2) is 70.6 Å². The van der Waals surface area contributed by atoms with Crippen molar-refractivity contribution in [2.24, 2.45) is 12.0 Å². The molecule has 170 valence electrons. The van der Waals surface area contributed by atoms with Crippen molar-refractivity contribution in [3.05, 3.63) is 81.6 Å². The van der Waals surface area contributed by atoms with E-state index in [4.69, 9.17) is 16.3 Å². The molecule has 0 fully saturated rings. The van der Waals surface area contributed by atoms with Crippen LogP contribution in [0.1, 0.15) is 15.9 Å². The van der Waals surface area contributed by atoms with Crippen molar-refractivity contribution in [1.82, 2.24) is 4.57 Å². The Morgan fingerprint density at radius 3 is 2.55 bits per heavy atom. The Morgan fingerprint density at radius 1 is 1.12 bits per heavy atom. The van der Waals surface area contributed by atoms with Gasteiger partial charge in [0.15, 0.2) is 4.80 Å². The van der Waals surface area contributed by atoms with Crippen LogP contribution in [-0.4, -0.2) is 26.0 Å². The van der Waals surface area contributed by atoms with E-state index in [9.17, 15) is 13.2 Å². The van der Waals surface area contributed by atoms with Gasteiger partial charge in [0.05, 0.1) is 22.2 Å². The summed E-state index contributed by atoms with van der Waals surface area (Å²) >= 11 is 7.61. The number of rotatable bonds is 5. The number of thiazole rings is 1. The number of nitrogens with one attached hydrogen (secondary N) is 1. The third-order valence-electron chi connectivity index (χ3n) is 5.08. The highest BCUT2D eigenvalue weighted by atomic mass is 35.5. The number of fused-ring (bicyclic) bond motifs is 1. The van der Waals surface area contributed by atoms with E-state index < -0.39 is 15.9 Å². The zero-order valence-electron chi connectivity index (χ0n) is 18.0. The number of halogens is 1. The summed E-state index contributed by atoms with van der Waals surface area (Å²) in [6.07, 6.45) is 0. The van der Waals surface area contributed by atoms with Gasteiger partial charge < -0.3 is 9.30 Å². The number of aryl methyl sites for hydroxylation is 2. The van der Waals surface area contributed by atoms with Crippen LogP contribution < -0.4 is 14.3 Å². The summed E-state index contributed by atoms with van der Waals surface area (Å²) in [5.41, 5.74) is 2.35. The first-order chi connectivity index (χ1) is 15.7. The van der Waals surface area contributed by atoms with Crippen molar-refractivity contribution < 1.29 is 17.9 Å². The fourth-order valence-electron chi connectivity index (χ4n) is 3.35. The Bertz CT molecular complexity index is 1540. The molecule has 0 saturated heterocycles. The van der Waals surface area contributed by atoms with Crippen molar-refractivity contribution in [3.8, 4) is 5.75 Å². The lowest BCUT2D eigenvalue weighted by Gasteiger charge is -2.09. The lowest BCUT2D eigenvalue weighted by molar-refractivity contribution is 0.0998. The van der Waals surface area contributed by atoms with Crippen LogP contribution in [0.5, 0.6) is 5.75 Å². The summed E-state index contributed by atoms with van der Waals surface area (Å²) in [5.74, 6) is 0.0708. The number of amides is 1. The number of benzene rings is 3.